The first-order valence-electron chi connectivity index (χ1n) is 12.8. The monoisotopic (exact) mass is 487 g/mol. The summed E-state index contributed by atoms with van der Waals surface area (Å²) in [5, 5.41) is 11.8. The van der Waals surface area contributed by atoms with Crippen LogP contribution in [0.2, 0.25) is 0 Å². The zero-order chi connectivity index (χ0) is 24.6. The second-order valence-electron chi connectivity index (χ2n) is 9.93. The van der Waals surface area contributed by atoms with E-state index >= 15 is 0 Å². The summed E-state index contributed by atoms with van der Waals surface area (Å²) in [6, 6.07) is 6.30. The quantitative estimate of drug-likeness (QED) is 0.413. The summed E-state index contributed by atoms with van der Waals surface area (Å²) in [6.45, 7) is 6.23. The van der Waals surface area contributed by atoms with Gasteiger partial charge in [-0.25, -0.2) is 9.97 Å². The Labute approximate surface area is 210 Å². The van der Waals surface area contributed by atoms with Crippen LogP contribution in [-0.2, 0) is 6.54 Å². The van der Waals surface area contributed by atoms with Gasteiger partial charge in [-0.3, -0.25) is 9.69 Å². The van der Waals surface area contributed by atoms with E-state index in [-0.39, 0.29) is 11.9 Å². The van der Waals surface area contributed by atoms with E-state index in [1.807, 2.05) is 25.4 Å². The van der Waals surface area contributed by atoms with E-state index in [1.165, 1.54) is 6.42 Å². The Balaban J connectivity index is 1.36. The van der Waals surface area contributed by atoms with E-state index in [2.05, 4.69) is 49.4 Å². The van der Waals surface area contributed by atoms with Crippen LogP contribution in [0, 0.1) is 0 Å². The van der Waals surface area contributed by atoms with Gasteiger partial charge in [0.2, 0.25) is 0 Å². The summed E-state index contributed by atoms with van der Waals surface area (Å²) in [5.74, 6) is 0.664. The van der Waals surface area contributed by atoms with Gasteiger partial charge in [-0.15, -0.1) is 0 Å². The van der Waals surface area contributed by atoms with Crippen molar-refractivity contribution in [2.45, 2.75) is 31.8 Å². The van der Waals surface area contributed by atoms with Crippen molar-refractivity contribution >= 4 is 28.4 Å². The van der Waals surface area contributed by atoms with E-state index in [0.29, 0.717) is 11.2 Å². The van der Waals surface area contributed by atoms with Crippen molar-refractivity contribution in [1.82, 2.24) is 39.3 Å². The molecule has 0 bridgehead atoms. The van der Waals surface area contributed by atoms with Crippen LogP contribution in [0.25, 0.3) is 27.9 Å². The lowest BCUT2D eigenvalue weighted by molar-refractivity contribution is 0.0918. The van der Waals surface area contributed by atoms with Crippen LogP contribution in [-0.4, -0.2) is 92.7 Å². The smallest absolute Gasteiger partial charge is 0.256 e. The van der Waals surface area contributed by atoms with Gasteiger partial charge in [-0.2, -0.15) is 9.61 Å². The van der Waals surface area contributed by atoms with Gasteiger partial charge < -0.3 is 20.1 Å². The number of pyridine rings is 1. The second-order valence-corrected chi connectivity index (χ2v) is 9.93. The molecule has 0 radical (unpaired) electrons. The normalized spacial score (nSPS) is 17.5. The van der Waals surface area contributed by atoms with Crippen molar-refractivity contribution in [3.63, 3.8) is 0 Å². The molecule has 188 valence electrons. The molecule has 10 nitrogen and oxygen atoms in total. The lowest BCUT2D eigenvalue weighted by Gasteiger charge is -2.32. The second kappa shape index (κ2) is 9.51. The van der Waals surface area contributed by atoms with E-state index in [4.69, 9.17) is 9.97 Å². The van der Waals surface area contributed by atoms with E-state index in [9.17, 15) is 4.79 Å². The van der Waals surface area contributed by atoms with Gasteiger partial charge in [0.25, 0.3) is 5.91 Å². The first kappa shape index (κ1) is 22.9. The third kappa shape index (κ3) is 4.20. The van der Waals surface area contributed by atoms with Crippen molar-refractivity contribution < 1.29 is 4.79 Å². The minimum atomic E-state index is -0.113. The zero-order valence-corrected chi connectivity index (χ0v) is 20.9. The van der Waals surface area contributed by atoms with Crippen LogP contribution in [0.4, 0.5) is 5.82 Å². The first-order valence-corrected chi connectivity index (χ1v) is 12.8. The number of nitrogens with zero attached hydrogens (tertiary/aromatic N) is 7. The molecule has 1 saturated heterocycles. The number of likely N-dealkylation sites (N-methyl/N-ethyl adjacent to an activating group) is 1. The predicted molar refractivity (Wildman–Crippen MR) is 140 cm³/mol. The molecular weight excluding hydrogens is 454 g/mol. The summed E-state index contributed by atoms with van der Waals surface area (Å²) < 4.78 is 3.93. The molecule has 5 heterocycles. The Kier molecular flexibility index (Phi) is 6.06. The van der Waals surface area contributed by atoms with Crippen LogP contribution in [0.5, 0.6) is 0 Å². The average molecular weight is 488 g/mol. The molecule has 4 aromatic heterocycles. The van der Waals surface area contributed by atoms with Gasteiger partial charge in [0.05, 0.1) is 11.9 Å². The fourth-order valence-electron chi connectivity index (χ4n) is 5.07. The van der Waals surface area contributed by atoms with Crippen molar-refractivity contribution in [2.24, 2.45) is 0 Å². The maximum atomic E-state index is 13.0. The van der Waals surface area contributed by atoms with Crippen molar-refractivity contribution in [3.8, 4) is 11.3 Å². The molecule has 2 fully saturated rings. The highest BCUT2D eigenvalue weighted by Gasteiger charge is 2.24. The van der Waals surface area contributed by atoms with Crippen LogP contribution in [0.1, 0.15) is 29.6 Å². The van der Waals surface area contributed by atoms with Crippen LogP contribution in [0.15, 0.2) is 36.8 Å². The number of amides is 1. The highest BCUT2D eigenvalue weighted by atomic mass is 16.1. The van der Waals surface area contributed by atoms with Gasteiger partial charge in [0.1, 0.15) is 17.0 Å². The Morgan fingerprint density at radius 3 is 2.72 bits per heavy atom. The number of carbonyl (C=O) groups excluding carboxylic acids is 1. The third-order valence-electron chi connectivity index (χ3n) is 7.58. The number of rotatable bonds is 7. The number of carbonyl (C=O) groups is 1. The van der Waals surface area contributed by atoms with Gasteiger partial charge in [-0.1, -0.05) is 0 Å². The van der Waals surface area contributed by atoms with Crippen molar-refractivity contribution in [3.05, 3.63) is 42.4 Å². The molecule has 36 heavy (non-hydrogen) atoms. The van der Waals surface area contributed by atoms with E-state index in [1.54, 1.807) is 10.7 Å². The van der Waals surface area contributed by atoms with Crippen molar-refractivity contribution in [1.29, 1.82) is 0 Å². The molecule has 0 spiro atoms. The van der Waals surface area contributed by atoms with E-state index in [0.717, 1.165) is 80.2 Å². The van der Waals surface area contributed by atoms with Crippen LogP contribution in [0.3, 0.4) is 0 Å². The number of nitrogens with one attached hydrogen (secondary N) is 2. The minimum absolute atomic E-state index is 0.113. The lowest BCUT2D eigenvalue weighted by atomic mass is 9.93. The average Bonchev–Trinajstić information content (AvgIpc) is 3.47. The molecular formula is C26H33N9O. The highest BCUT2D eigenvalue weighted by Crippen LogP contribution is 2.31. The molecule has 1 aliphatic heterocycles. The van der Waals surface area contributed by atoms with Gasteiger partial charge >= 0.3 is 0 Å². The molecule has 0 aromatic carbocycles. The highest BCUT2D eigenvalue weighted by molar-refractivity contribution is 6.01. The predicted octanol–water partition coefficient (Wildman–Crippen LogP) is 2.32. The summed E-state index contributed by atoms with van der Waals surface area (Å²) in [7, 11) is 4.04. The zero-order valence-electron chi connectivity index (χ0n) is 20.9. The molecule has 2 N–H and O–H groups in total. The Bertz CT molecular complexity index is 1400. The summed E-state index contributed by atoms with van der Waals surface area (Å²) in [6.07, 6.45) is 8.84. The molecule has 0 unspecified atom stereocenters. The number of hydrogen-bond donors (Lipinski definition) is 2. The lowest BCUT2D eigenvalue weighted by Crippen LogP contribution is -2.45. The van der Waals surface area contributed by atoms with Gasteiger partial charge in [-0.05, 0) is 38.4 Å². The van der Waals surface area contributed by atoms with Crippen LogP contribution >= 0.6 is 0 Å². The largest absolute Gasteiger partial charge is 0.373 e. The summed E-state index contributed by atoms with van der Waals surface area (Å²) >= 11 is 0. The number of fused-ring (bicyclic) bond motifs is 2. The molecule has 4 aromatic rings. The van der Waals surface area contributed by atoms with Crippen molar-refractivity contribution in [2.75, 3.05) is 52.1 Å². The number of hydrogen-bond acceptors (Lipinski definition) is 7. The molecule has 10 heteroatoms. The minimum Gasteiger partial charge on any atom is -0.373 e. The first-order chi connectivity index (χ1) is 17.6. The molecule has 1 saturated carbocycles. The topological polar surface area (TPSA) is 95.6 Å². The van der Waals surface area contributed by atoms with Crippen LogP contribution < -0.4 is 10.6 Å². The molecule has 6 rings (SSSR count). The molecule has 2 aliphatic rings. The molecule has 1 aliphatic carbocycles. The Morgan fingerprint density at radius 2 is 1.97 bits per heavy atom. The summed E-state index contributed by atoms with van der Waals surface area (Å²) in [5.41, 5.74) is 3.79. The Hall–Kier alpha value is -3.50. The summed E-state index contributed by atoms with van der Waals surface area (Å²) in [4.78, 5) is 27.5. The van der Waals surface area contributed by atoms with Gasteiger partial charge in [0.15, 0.2) is 5.65 Å². The number of anilines is 1. The maximum absolute atomic E-state index is 13.0. The number of aromatic nitrogens is 5. The maximum Gasteiger partial charge on any atom is 0.256 e. The molecule has 1 amide bonds. The number of piperazine rings is 1. The fraction of sp³-hybridized carbons (Fsp3) is 0.462. The fourth-order valence-corrected chi connectivity index (χ4v) is 5.07. The Morgan fingerprint density at radius 1 is 1.14 bits per heavy atom. The third-order valence-corrected chi connectivity index (χ3v) is 7.58. The van der Waals surface area contributed by atoms with E-state index < -0.39 is 0 Å². The van der Waals surface area contributed by atoms with Gasteiger partial charge in [0, 0.05) is 81.8 Å². The standard InChI is InChI=1S/C26H33N9O/c1-27-23-15-22(31-25-20(16-29-35(23)25)26(36)30-18-5-3-6-18)21-17-34(24-19(21)7-4-8-28-24)14-13-33-11-9-32(2)10-12-33/h4,7-8,15-18,27H,3,5-6,9-14H2,1-2H3,(H,30,36). The molecule has 0 atom stereocenters. The SMILES string of the molecule is CNc1cc(-c2cn(CCN3CCN(C)CC3)c3ncccc23)nc2c(C(=O)NC3CCC3)cnn12.